The Hall–Kier alpha value is -2.96. The van der Waals surface area contributed by atoms with Crippen LogP contribution in [0.2, 0.25) is 0 Å². The number of hydrogen-bond donors (Lipinski definition) is 2. The minimum atomic E-state index is 0.630. The Morgan fingerprint density at radius 2 is 2.24 bits per heavy atom. The van der Waals surface area contributed by atoms with Gasteiger partial charge in [-0.25, -0.2) is 14.5 Å². The molecule has 104 valence electrons. The molecule has 0 spiro atoms. The number of H-pyrrole nitrogens is 1. The van der Waals surface area contributed by atoms with E-state index in [1.165, 1.54) is 0 Å². The fraction of sp³-hybridized carbons (Fsp3) is 0.143. The third kappa shape index (κ3) is 1.90. The third-order valence-electron chi connectivity index (χ3n) is 3.35. The van der Waals surface area contributed by atoms with Gasteiger partial charge in [-0.3, -0.25) is 0 Å². The third-order valence-corrected chi connectivity index (χ3v) is 3.35. The van der Waals surface area contributed by atoms with E-state index in [2.05, 4.69) is 30.4 Å². The molecule has 0 fully saturated rings. The molecule has 7 nitrogen and oxygen atoms in total. The molecule has 0 aliphatic heterocycles. The number of aromatic amines is 1. The van der Waals surface area contributed by atoms with Gasteiger partial charge in [0.05, 0.1) is 0 Å². The van der Waals surface area contributed by atoms with Crippen molar-refractivity contribution in [3.05, 3.63) is 37.1 Å². The molecule has 4 heterocycles. The standard InChI is InChI=1S/C14H13N7/c1-2-15-14-17-6-11-10(5-16-13(11)20-14)9-3-4-12-18-8-19-21(12)7-9/h3-8H,2H2,1H3,(H2,15,16,17,20). The lowest BCUT2D eigenvalue weighted by atomic mass is 10.1. The molecule has 4 rings (SSSR count). The molecule has 21 heavy (non-hydrogen) atoms. The van der Waals surface area contributed by atoms with E-state index in [0.717, 1.165) is 34.4 Å². The van der Waals surface area contributed by atoms with E-state index < -0.39 is 0 Å². The van der Waals surface area contributed by atoms with Crippen LogP contribution < -0.4 is 5.32 Å². The summed E-state index contributed by atoms with van der Waals surface area (Å²) >= 11 is 0. The van der Waals surface area contributed by atoms with Gasteiger partial charge in [0.15, 0.2) is 5.65 Å². The van der Waals surface area contributed by atoms with Crippen LogP contribution in [0.3, 0.4) is 0 Å². The summed E-state index contributed by atoms with van der Waals surface area (Å²) in [5, 5.41) is 8.25. The highest BCUT2D eigenvalue weighted by Gasteiger charge is 2.09. The maximum absolute atomic E-state index is 4.45. The van der Waals surface area contributed by atoms with Crippen LogP contribution in [0.5, 0.6) is 0 Å². The van der Waals surface area contributed by atoms with Crippen molar-refractivity contribution in [3.63, 3.8) is 0 Å². The molecule has 0 aliphatic carbocycles. The number of anilines is 1. The lowest BCUT2D eigenvalue weighted by Crippen LogP contribution is -2.01. The molecule has 4 aromatic heterocycles. The first kappa shape index (κ1) is 11.8. The van der Waals surface area contributed by atoms with Crippen LogP contribution in [0.15, 0.2) is 37.1 Å². The van der Waals surface area contributed by atoms with Gasteiger partial charge >= 0.3 is 0 Å². The van der Waals surface area contributed by atoms with E-state index in [1.807, 2.05) is 37.6 Å². The van der Waals surface area contributed by atoms with Crippen LogP contribution in [-0.2, 0) is 0 Å². The van der Waals surface area contributed by atoms with Gasteiger partial charge in [0, 0.05) is 41.6 Å². The largest absolute Gasteiger partial charge is 0.354 e. The van der Waals surface area contributed by atoms with Crippen molar-refractivity contribution in [2.75, 3.05) is 11.9 Å². The molecule has 2 N–H and O–H groups in total. The zero-order valence-corrected chi connectivity index (χ0v) is 11.4. The van der Waals surface area contributed by atoms with Crippen molar-refractivity contribution in [2.24, 2.45) is 0 Å². The van der Waals surface area contributed by atoms with Gasteiger partial charge in [-0.05, 0) is 19.1 Å². The predicted molar refractivity (Wildman–Crippen MR) is 80.0 cm³/mol. The van der Waals surface area contributed by atoms with Gasteiger partial charge in [-0.1, -0.05) is 0 Å². The van der Waals surface area contributed by atoms with Crippen molar-refractivity contribution in [1.82, 2.24) is 29.5 Å². The maximum atomic E-state index is 4.45. The summed E-state index contributed by atoms with van der Waals surface area (Å²) in [6, 6.07) is 3.96. The van der Waals surface area contributed by atoms with E-state index in [0.29, 0.717) is 5.95 Å². The summed E-state index contributed by atoms with van der Waals surface area (Å²) in [6.45, 7) is 2.81. The zero-order valence-electron chi connectivity index (χ0n) is 11.4. The second-order valence-electron chi connectivity index (χ2n) is 4.67. The number of rotatable bonds is 3. The summed E-state index contributed by atoms with van der Waals surface area (Å²) in [4.78, 5) is 16.1. The minimum absolute atomic E-state index is 0.630. The molecular formula is C14H13N7. The monoisotopic (exact) mass is 279 g/mol. The molecule has 0 amide bonds. The molecule has 0 aromatic carbocycles. The van der Waals surface area contributed by atoms with Crippen molar-refractivity contribution in [2.45, 2.75) is 6.92 Å². The van der Waals surface area contributed by atoms with Crippen LogP contribution in [-0.4, -0.2) is 36.1 Å². The lowest BCUT2D eigenvalue weighted by Gasteiger charge is -2.02. The number of aromatic nitrogens is 6. The quantitative estimate of drug-likeness (QED) is 0.600. The fourth-order valence-corrected chi connectivity index (χ4v) is 2.37. The highest BCUT2D eigenvalue weighted by Crippen LogP contribution is 2.27. The van der Waals surface area contributed by atoms with E-state index >= 15 is 0 Å². The molecule has 7 heteroatoms. The highest BCUT2D eigenvalue weighted by molar-refractivity contribution is 5.93. The summed E-state index contributed by atoms with van der Waals surface area (Å²) < 4.78 is 1.75. The van der Waals surface area contributed by atoms with Crippen molar-refractivity contribution < 1.29 is 0 Å². The fourth-order valence-electron chi connectivity index (χ4n) is 2.37. The molecule has 0 bridgehead atoms. The highest BCUT2D eigenvalue weighted by atomic mass is 15.3. The Kier molecular flexibility index (Phi) is 2.56. The molecule has 0 saturated carbocycles. The van der Waals surface area contributed by atoms with Crippen molar-refractivity contribution in [1.29, 1.82) is 0 Å². The van der Waals surface area contributed by atoms with Crippen LogP contribution in [0, 0.1) is 0 Å². The summed E-state index contributed by atoms with van der Waals surface area (Å²) in [6.07, 6.45) is 7.26. The SMILES string of the molecule is CCNc1ncc2c(-c3ccc4ncnn4c3)c[nH]c2n1. The average molecular weight is 279 g/mol. The Bertz CT molecular complexity index is 921. The van der Waals surface area contributed by atoms with Gasteiger partial charge < -0.3 is 10.3 Å². The average Bonchev–Trinajstić information content (AvgIpc) is 3.12. The maximum Gasteiger partial charge on any atom is 0.224 e. The van der Waals surface area contributed by atoms with Gasteiger partial charge in [-0.2, -0.15) is 10.1 Å². The van der Waals surface area contributed by atoms with Crippen LogP contribution in [0.25, 0.3) is 27.8 Å². The van der Waals surface area contributed by atoms with Gasteiger partial charge in [0.2, 0.25) is 5.95 Å². The number of nitrogens with zero attached hydrogens (tertiary/aromatic N) is 5. The van der Waals surface area contributed by atoms with Gasteiger partial charge in [-0.15, -0.1) is 0 Å². The Morgan fingerprint density at radius 3 is 3.14 bits per heavy atom. The second kappa shape index (κ2) is 4.55. The van der Waals surface area contributed by atoms with E-state index in [9.17, 15) is 0 Å². The summed E-state index contributed by atoms with van der Waals surface area (Å²) in [5.41, 5.74) is 3.73. The van der Waals surface area contributed by atoms with Crippen LogP contribution >= 0.6 is 0 Å². The van der Waals surface area contributed by atoms with Gasteiger partial charge in [0.25, 0.3) is 0 Å². The van der Waals surface area contributed by atoms with E-state index in [1.54, 1.807) is 10.8 Å². The summed E-state index contributed by atoms with van der Waals surface area (Å²) in [5.74, 6) is 0.630. The summed E-state index contributed by atoms with van der Waals surface area (Å²) in [7, 11) is 0. The molecular weight excluding hydrogens is 266 g/mol. The van der Waals surface area contributed by atoms with Crippen molar-refractivity contribution >= 4 is 22.6 Å². The Morgan fingerprint density at radius 1 is 1.29 bits per heavy atom. The smallest absolute Gasteiger partial charge is 0.224 e. The minimum Gasteiger partial charge on any atom is -0.354 e. The first-order valence-corrected chi connectivity index (χ1v) is 6.73. The number of fused-ring (bicyclic) bond motifs is 2. The zero-order chi connectivity index (χ0) is 14.2. The number of nitrogens with one attached hydrogen (secondary N) is 2. The Labute approximate surface area is 120 Å². The Balaban J connectivity index is 1.85. The molecule has 0 aliphatic rings. The predicted octanol–water partition coefficient (Wildman–Crippen LogP) is 2.10. The molecule has 0 saturated heterocycles. The second-order valence-corrected chi connectivity index (χ2v) is 4.67. The normalized spacial score (nSPS) is 11.3. The molecule has 4 aromatic rings. The van der Waals surface area contributed by atoms with Gasteiger partial charge in [0.1, 0.15) is 12.0 Å². The van der Waals surface area contributed by atoms with E-state index in [4.69, 9.17) is 0 Å². The molecule has 0 radical (unpaired) electrons. The first-order chi connectivity index (χ1) is 10.3. The lowest BCUT2D eigenvalue weighted by molar-refractivity contribution is 0.963. The molecule has 0 unspecified atom stereocenters. The number of pyridine rings is 1. The van der Waals surface area contributed by atoms with Crippen LogP contribution in [0.4, 0.5) is 5.95 Å². The first-order valence-electron chi connectivity index (χ1n) is 6.73. The van der Waals surface area contributed by atoms with Crippen molar-refractivity contribution in [3.8, 4) is 11.1 Å². The molecule has 0 atom stereocenters. The number of hydrogen-bond acceptors (Lipinski definition) is 5. The van der Waals surface area contributed by atoms with Crippen LogP contribution in [0.1, 0.15) is 6.92 Å². The topological polar surface area (TPSA) is 83.8 Å². The van der Waals surface area contributed by atoms with E-state index in [-0.39, 0.29) is 0 Å².